The second kappa shape index (κ2) is 7.63. The van der Waals surface area contributed by atoms with E-state index in [1.54, 1.807) is 13.2 Å². The number of fused-ring (bicyclic) bond motifs is 3. The van der Waals surface area contributed by atoms with Crippen molar-refractivity contribution in [2.75, 3.05) is 20.3 Å². The highest BCUT2D eigenvalue weighted by atomic mass is 16.5. The predicted octanol–water partition coefficient (Wildman–Crippen LogP) is 1.52. The molecule has 4 rings (SSSR count). The van der Waals surface area contributed by atoms with Crippen LogP contribution < -0.4 is 15.6 Å². The maximum Gasteiger partial charge on any atom is 0.291 e. The number of ether oxygens (including phenoxy) is 2. The van der Waals surface area contributed by atoms with Gasteiger partial charge in [0.05, 0.1) is 18.7 Å². The molecule has 3 heterocycles. The topological polar surface area (TPSA) is 86.9 Å². The van der Waals surface area contributed by atoms with E-state index in [1.807, 2.05) is 29.5 Å². The van der Waals surface area contributed by atoms with Gasteiger partial charge in [-0.3, -0.25) is 14.0 Å². The number of nitrogens with one attached hydrogen (secondary N) is 1. The lowest BCUT2D eigenvalue weighted by molar-refractivity contribution is -0.122. The molecule has 0 radical (unpaired) electrons. The molecule has 1 saturated heterocycles. The summed E-state index contributed by atoms with van der Waals surface area (Å²) in [5.41, 5.74) is 1.05. The molecule has 1 fully saturated rings. The van der Waals surface area contributed by atoms with Crippen LogP contribution in [0.25, 0.3) is 16.4 Å². The molecule has 1 N–H and O–H groups in total. The molecule has 1 amide bonds. The van der Waals surface area contributed by atoms with Crippen molar-refractivity contribution in [3.8, 4) is 5.75 Å². The molecule has 0 saturated carbocycles. The summed E-state index contributed by atoms with van der Waals surface area (Å²) in [5.74, 6) is 1.17. The van der Waals surface area contributed by atoms with Crippen LogP contribution >= 0.6 is 0 Å². The average Bonchev–Trinajstić information content (AvgIpc) is 3.36. The van der Waals surface area contributed by atoms with Crippen molar-refractivity contribution in [3.63, 3.8) is 0 Å². The Hall–Kier alpha value is -2.87. The third-order valence-corrected chi connectivity index (χ3v) is 5.13. The highest BCUT2D eigenvalue weighted by Gasteiger charge is 2.19. The van der Waals surface area contributed by atoms with E-state index in [1.165, 1.54) is 4.68 Å². The second-order valence-electron chi connectivity index (χ2n) is 6.93. The molecule has 0 aliphatic carbocycles. The number of rotatable bonds is 6. The van der Waals surface area contributed by atoms with Crippen LogP contribution in [0.1, 0.15) is 25.6 Å². The van der Waals surface area contributed by atoms with Crippen molar-refractivity contribution in [3.05, 3.63) is 40.4 Å². The minimum atomic E-state index is -0.303. The number of aromatic nitrogens is 3. The smallest absolute Gasteiger partial charge is 0.291 e. The van der Waals surface area contributed by atoms with Gasteiger partial charge >= 0.3 is 0 Å². The third-order valence-electron chi connectivity index (χ3n) is 5.13. The van der Waals surface area contributed by atoms with Gasteiger partial charge in [0.1, 0.15) is 23.6 Å². The Labute approximate surface area is 162 Å². The number of methoxy groups -OCH3 is 1. The van der Waals surface area contributed by atoms with Crippen LogP contribution in [0.2, 0.25) is 0 Å². The molecule has 1 atom stereocenters. The van der Waals surface area contributed by atoms with E-state index in [9.17, 15) is 9.59 Å². The first-order chi connectivity index (χ1) is 13.6. The van der Waals surface area contributed by atoms with Gasteiger partial charge in [0.2, 0.25) is 5.91 Å². The van der Waals surface area contributed by atoms with Gasteiger partial charge in [0.15, 0.2) is 0 Å². The second-order valence-corrected chi connectivity index (χ2v) is 6.93. The lowest BCUT2D eigenvalue weighted by Crippen LogP contribution is -2.38. The van der Waals surface area contributed by atoms with E-state index in [0.717, 1.165) is 30.4 Å². The molecule has 0 bridgehead atoms. The minimum Gasteiger partial charge on any atom is -0.496 e. The van der Waals surface area contributed by atoms with Crippen LogP contribution in [-0.4, -0.2) is 46.5 Å². The molecule has 2 aromatic heterocycles. The van der Waals surface area contributed by atoms with Gasteiger partial charge < -0.3 is 14.8 Å². The highest BCUT2D eigenvalue weighted by molar-refractivity contribution is 5.92. The van der Waals surface area contributed by atoms with Crippen molar-refractivity contribution >= 4 is 22.3 Å². The maximum atomic E-state index is 13.0. The molecule has 1 aliphatic heterocycles. The summed E-state index contributed by atoms with van der Waals surface area (Å²) >= 11 is 0. The van der Waals surface area contributed by atoms with Crippen molar-refractivity contribution in [2.24, 2.45) is 0 Å². The quantitative estimate of drug-likeness (QED) is 0.696. The van der Waals surface area contributed by atoms with Crippen molar-refractivity contribution in [2.45, 2.75) is 38.8 Å². The number of benzene rings is 1. The number of carbonyl (C=O) groups is 1. The zero-order valence-corrected chi connectivity index (χ0v) is 16.1. The van der Waals surface area contributed by atoms with E-state index < -0.39 is 0 Å². The lowest BCUT2D eigenvalue weighted by Gasteiger charge is -2.12. The standard InChI is InChI=1S/C20H24N4O4/c1-3-18-22-23(12-19(25)21-11-13-6-5-9-28-13)20(26)16-10-14-15(24(16)18)7-4-8-17(14)27-2/h4,7-8,10,13H,3,5-6,9,11-12H2,1-2H3,(H,21,25)/t13-/m0/s1. The lowest BCUT2D eigenvalue weighted by atomic mass is 10.2. The normalized spacial score (nSPS) is 16.7. The number of hydrogen-bond acceptors (Lipinski definition) is 5. The van der Waals surface area contributed by atoms with Gasteiger partial charge in [-0.1, -0.05) is 13.0 Å². The predicted molar refractivity (Wildman–Crippen MR) is 105 cm³/mol. The summed E-state index contributed by atoms with van der Waals surface area (Å²) in [7, 11) is 1.60. The summed E-state index contributed by atoms with van der Waals surface area (Å²) in [6.07, 6.45) is 2.65. The zero-order valence-electron chi connectivity index (χ0n) is 16.1. The first-order valence-corrected chi connectivity index (χ1v) is 9.58. The number of hydrogen-bond donors (Lipinski definition) is 1. The molecule has 8 nitrogen and oxygen atoms in total. The molecule has 28 heavy (non-hydrogen) atoms. The number of nitrogens with zero attached hydrogens (tertiary/aromatic N) is 3. The number of amides is 1. The van der Waals surface area contributed by atoms with Crippen LogP contribution in [0.3, 0.4) is 0 Å². The number of carbonyl (C=O) groups excluding carboxylic acids is 1. The van der Waals surface area contributed by atoms with Crippen LogP contribution in [0, 0.1) is 0 Å². The van der Waals surface area contributed by atoms with Gasteiger partial charge in [-0.15, -0.1) is 0 Å². The Morgan fingerprint density at radius 1 is 1.39 bits per heavy atom. The van der Waals surface area contributed by atoms with Gasteiger partial charge in [0.25, 0.3) is 5.56 Å². The van der Waals surface area contributed by atoms with Crippen molar-refractivity contribution in [1.82, 2.24) is 19.5 Å². The fourth-order valence-corrected chi connectivity index (χ4v) is 3.74. The maximum absolute atomic E-state index is 13.0. The van der Waals surface area contributed by atoms with E-state index in [2.05, 4.69) is 10.4 Å². The summed E-state index contributed by atoms with van der Waals surface area (Å²) < 4.78 is 14.0. The highest BCUT2D eigenvalue weighted by Crippen LogP contribution is 2.28. The monoisotopic (exact) mass is 384 g/mol. The number of aryl methyl sites for hydroxylation is 1. The van der Waals surface area contributed by atoms with E-state index in [0.29, 0.717) is 30.1 Å². The van der Waals surface area contributed by atoms with Gasteiger partial charge in [-0.2, -0.15) is 5.10 Å². The Balaban J connectivity index is 1.69. The molecule has 0 spiro atoms. The van der Waals surface area contributed by atoms with E-state index >= 15 is 0 Å². The van der Waals surface area contributed by atoms with Gasteiger partial charge in [0, 0.05) is 25.0 Å². The van der Waals surface area contributed by atoms with Crippen LogP contribution in [0.15, 0.2) is 29.1 Å². The largest absolute Gasteiger partial charge is 0.496 e. The van der Waals surface area contributed by atoms with E-state index in [-0.39, 0.29) is 24.1 Å². The molecule has 0 unspecified atom stereocenters. The summed E-state index contributed by atoms with van der Waals surface area (Å²) in [4.78, 5) is 25.3. The van der Waals surface area contributed by atoms with Gasteiger partial charge in [-0.05, 0) is 31.0 Å². The minimum absolute atomic E-state index is 0.0608. The molecular weight excluding hydrogens is 360 g/mol. The first kappa shape index (κ1) is 18.5. The third kappa shape index (κ3) is 3.24. The summed E-state index contributed by atoms with van der Waals surface area (Å²) in [6, 6.07) is 7.48. The molecule has 148 valence electrons. The SMILES string of the molecule is CCc1nn(CC(=O)NC[C@@H]2CCCO2)c(=O)c2cc3c(OC)cccc3n12. The summed E-state index contributed by atoms with van der Waals surface area (Å²) in [5, 5.41) is 8.14. The molecule has 1 aliphatic rings. The van der Waals surface area contributed by atoms with Crippen molar-refractivity contribution in [1.29, 1.82) is 0 Å². The Bertz CT molecular complexity index is 1080. The molecular formula is C20H24N4O4. The Morgan fingerprint density at radius 2 is 2.25 bits per heavy atom. The van der Waals surface area contributed by atoms with Gasteiger partial charge in [-0.25, -0.2) is 4.68 Å². The Kier molecular flexibility index (Phi) is 5.04. The van der Waals surface area contributed by atoms with Crippen LogP contribution in [0.5, 0.6) is 5.75 Å². The molecule has 3 aromatic rings. The van der Waals surface area contributed by atoms with Crippen molar-refractivity contribution < 1.29 is 14.3 Å². The average molecular weight is 384 g/mol. The van der Waals surface area contributed by atoms with E-state index in [4.69, 9.17) is 9.47 Å². The zero-order chi connectivity index (χ0) is 19.7. The fraction of sp³-hybridized carbons (Fsp3) is 0.450. The fourth-order valence-electron chi connectivity index (χ4n) is 3.74. The first-order valence-electron chi connectivity index (χ1n) is 9.58. The Morgan fingerprint density at radius 3 is 2.96 bits per heavy atom. The molecule has 1 aromatic carbocycles. The van der Waals surface area contributed by atoms with Crippen LogP contribution in [-0.2, 0) is 22.5 Å². The molecule has 8 heteroatoms. The summed E-state index contributed by atoms with van der Waals surface area (Å²) in [6.45, 7) is 3.06. The van der Waals surface area contributed by atoms with Crippen LogP contribution in [0.4, 0.5) is 0 Å².